The summed E-state index contributed by atoms with van der Waals surface area (Å²) >= 11 is 7.24. The fraction of sp³-hybridized carbons (Fsp3) is 0.643. The lowest BCUT2D eigenvalue weighted by atomic mass is 10.1. The fourth-order valence-corrected chi connectivity index (χ4v) is 2.57. The summed E-state index contributed by atoms with van der Waals surface area (Å²) in [5.41, 5.74) is 5.70. The van der Waals surface area contributed by atoms with Gasteiger partial charge in [0.05, 0.1) is 6.61 Å². The second kappa shape index (κ2) is 9.84. The predicted octanol–water partition coefficient (Wildman–Crippen LogP) is 3.95. The van der Waals surface area contributed by atoms with Crippen LogP contribution in [0.1, 0.15) is 55.9 Å². The Hall–Kier alpha value is -1.01. The highest BCUT2D eigenvalue weighted by molar-refractivity contribution is 7.98. The van der Waals surface area contributed by atoms with Crippen LogP contribution in [0.5, 0.6) is 0 Å². The Labute approximate surface area is 135 Å². The molecule has 2 N–H and O–H groups in total. The molecule has 21 heavy (non-hydrogen) atoms. The van der Waals surface area contributed by atoms with Crippen LogP contribution in [0.15, 0.2) is 5.03 Å². The molecule has 0 spiro atoms. The zero-order valence-corrected chi connectivity index (χ0v) is 14.1. The van der Waals surface area contributed by atoms with Gasteiger partial charge >= 0.3 is 5.97 Å². The monoisotopic (exact) mass is 331 g/mol. The number of carbonyl (C=O) groups is 1. The summed E-state index contributed by atoms with van der Waals surface area (Å²) in [7, 11) is 0. The van der Waals surface area contributed by atoms with Crippen LogP contribution in [0.4, 0.5) is 5.82 Å². The van der Waals surface area contributed by atoms with Crippen molar-refractivity contribution in [2.45, 2.75) is 50.5 Å². The number of hydrogen-bond donors (Lipinski definition) is 1. The number of anilines is 1. The van der Waals surface area contributed by atoms with Gasteiger partial charge in [0.1, 0.15) is 5.03 Å². The van der Waals surface area contributed by atoms with E-state index in [1.807, 2.05) is 6.26 Å². The minimum atomic E-state index is -0.567. The molecule has 0 atom stereocenters. The Morgan fingerprint density at radius 2 is 1.90 bits per heavy atom. The number of carbonyl (C=O) groups excluding carboxylic acids is 1. The molecule has 0 saturated heterocycles. The molecule has 0 aliphatic carbocycles. The predicted molar refractivity (Wildman–Crippen MR) is 86.9 cm³/mol. The van der Waals surface area contributed by atoms with Gasteiger partial charge in [-0.1, -0.05) is 50.6 Å². The first-order valence-corrected chi connectivity index (χ1v) is 8.74. The van der Waals surface area contributed by atoms with Crippen LogP contribution >= 0.6 is 23.4 Å². The SMILES string of the molecule is CCCCCCCCOC(=O)c1nc(Cl)c(SC)nc1N. The fourth-order valence-electron chi connectivity index (χ4n) is 1.81. The zero-order valence-electron chi connectivity index (χ0n) is 12.5. The number of esters is 1. The van der Waals surface area contributed by atoms with Crippen LogP contribution < -0.4 is 5.73 Å². The molecule has 1 rings (SSSR count). The van der Waals surface area contributed by atoms with Crippen molar-refractivity contribution in [3.8, 4) is 0 Å². The number of rotatable bonds is 9. The molecule has 1 heterocycles. The first-order valence-electron chi connectivity index (χ1n) is 7.14. The van der Waals surface area contributed by atoms with E-state index in [0.717, 1.165) is 12.8 Å². The lowest BCUT2D eigenvalue weighted by Crippen LogP contribution is -2.13. The maximum Gasteiger partial charge on any atom is 0.360 e. The molecule has 118 valence electrons. The number of thioether (sulfide) groups is 1. The molecule has 0 fully saturated rings. The van der Waals surface area contributed by atoms with Crippen LogP contribution in [0, 0.1) is 0 Å². The topological polar surface area (TPSA) is 78.1 Å². The summed E-state index contributed by atoms with van der Waals surface area (Å²) in [5.74, 6) is -0.514. The highest BCUT2D eigenvalue weighted by Crippen LogP contribution is 2.23. The van der Waals surface area contributed by atoms with Gasteiger partial charge in [0.25, 0.3) is 0 Å². The quantitative estimate of drug-likeness (QED) is 0.419. The van der Waals surface area contributed by atoms with Gasteiger partial charge in [0.15, 0.2) is 16.7 Å². The number of ether oxygens (including phenoxy) is 1. The second-order valence-corrected chi connectivity index (χ2v) is 5.81. The Bertz CT molecular complexity index is 472. The Balaban J connectivity index is 2.40. The summed E-state index contributed by atoms with van der Waals surface area (Å²) in [6, 6.07) is 0. The number of nitrogens with zero attached hydrogens (tertiary/aromatic N) is 2. The van der Waals surface area contributed by atoms with E-state index >= 15 is 0 Å². The van der Waals surface area contributed by atoms with Crippen molar-refractivity contribution in [2.75, 3.05) is 18.6 Å². The van der Waals surface area contributed by atoms with E-state index < -0.39 is 5.97 Å². The molecule has 0 aliphatic rings. The highest BCUT2D eigenvalue weighted by atomic mass is 35.5. The van der Waals surface area contributed by atoms with Crippen molar-refractivity contribution in [3.05, 3.63) is 10.8 Å². The third-order valence-electron chi connectivity index (χ3n) is 2.97. The molecular weight excluding hydrogens is 310 g/mol. The summed E-state index contributed by atoms with van der Waals surface area (Å²) < 4.78 is 5.16. The Morgan fingerprint density at radius 1 is 1.24 bits per heavy atom. The first kappa shape index (κ1) is 18.0. The van der Waals surface area contributed by atoms with Gasteiger partial charge < -0.3 is 10.5 Å². The van der Waals surface area contributed by atoms with Crippen LogP contribution in [-0.4, -0.2) is 28.8 Å². The molecule has 0 unspecified atom stereocenters. The van der Waals surface area contributed by atoms with Crippen molar-refractivity contribution in [1.82, 2.24) is 9.97 Å². The number of unbranched alkanes of at least 4 members (excludes halogenated alkanes) is 5. The van der Waals surface area contributed by atoms with Crippen molar-refractivity contribution in [1.29, 1.82) is 0 Å². The number of nitrogen functional groups attached to an aromatic ring is 1. The number of aromatic nitrogens is 2. The maximum atomic E-state index is 11.9. The molecule has 1 aromatic rings. The average Bonchev–Trinajstić information content (AvgIpc) is 2.48. The van der Waals surface area contributed by atoms with E-state index in [-0.39, 0.29) is 16.7 Å². The van der Waals surface area contributed by atoms with Gasteiger partial charge in [-0.05, 0) is 12.7 Å². The molecular formula is C14H22ClN3O2S. The molecule has 0 aromatic carbocycles. The summed E-state index contributed by atoms with van der Waals surface area (Å²) in [4.78, 5) is 19.9. The van der Waals surface area contributed by atoms with Crippen molar-refractivity contribution in [3.63, 3.8) is 0 Å². The first-order chi connectivity index (χ1) is 10.1. The van der Waals surface area contributed by atoms with Gasteiger partial charge in [-0.25, -0.2) is 14.8 Å². The Morgan fingerprint density at radius 3 is 2.57 bits per heavy atom. The maximum absolute atomic E-state index is 11.9. The van der Waals surface area contributed by atoms with Crippen molar-refractivity contribution >= 4 is 35.1 Å². The van der Waals surface area contributed by atoms with Crippen LogP contribution in [0.25, 0.3) is 0 Å². The highest BCUT2D eigenvalue weighted by Gasteiger charge is 2.17. The number of nitrogens with two attached hydrogens (primary N) is 1. The lowest BCUT2D eigenvalue weighted by molar-refractivity contribution is 0.0491. The van der Waals surface area contributed by atoms with E-state index in [1.165, 1.54) is 37.4 Å². The van der Waals surface area contributed by atoms with Crippen LogP contribution in [0.2, 0.25) is 5.15 Å². The summed E-state index contributed by atoms with van der Waals surface area (Å²) in [6.45, 7) is 2.55. The Kier molecular flexibility index (Phi) is 8.45. The van der Waals surface area contributed by atoms with Gasteiger partial charge in [-0.2, -0.15) is 0 Å². The molecule has 1 aromatic heterocycles. The standard InChI is InChI=1S/C14H22ClN3O2S/c1-3-4-5-6-7-8-9-20-14(19)10-12(16)18-13(21-2)11(15)17-10/h3-9H2,1-2H3,(H2,16,18). The van der Waals surface area contributed by atoms with Crippen LogP contribution in [-0.2, 0) is 4.74 Å². The molecule has 0 amide bonds. The summed E-state index contributed by atoms with van der Waals surface area (Å²) in [5, 5.41) is 0.671. The van der Waals surface area contributed by atoms with Crippen molar-refractivity contribution < 1.29 is 9.53 Å². The normalized spacial score (nSPS) is 10.6. The molecule has 0 saturated carbocycles. The van der Waals surface area contributed by atoms with E-state index in [4.69, 9.17) is 22.1 Å². The molecule has 5 nitrogen and oxygen atoms in total. The minimum absolute atomic E-state index is 0.0104. The molecule has 0 radical (unpaired) electrons. The van der Waals surface area contributed by atoms with E-state index in [0.29, 0.717) is 11.6 Å². The van der Waals surface area contributed by atoms with E-state index in [1.54, 1.807) is 0 Å². The van der Waals surface area contributed by atoms with Gasteiger partial charge in [0.2, 0.25) is 0 Å². The molecule has 0 bridgehead atoms. The third-order valence-corrected chi connectivity index (χ3v) is 4.02. The summed E-state index contributed by atoms with van der Waals surface area (Å²) in [6.07, 6.45) is 8.59. The largest absolute Gasteiger partial charge is 0.461 e. The van der Waals surface area contributed by atoms with E-state index in [9.17, 15) is 4.79 Å². The molecule has 0 aliphatic heterocycles. The van der Waals surface area contributed by atoms with Gasteiger partial charge in [-0.3, -0.25) is 0 Å². The number of hydrogen-bond acceptors (Lipinski definition) is 6. The lowest BCUT2D eigenvalue weighted by Gasteiger charge is -2.08. The van der Waals surface area contributed by atoms with Crippen LogP contribution in [0.3, 0.4) is 0 Å². The van der Waals surface area contributed by atoms with Crippen molar-refractivity contribution in [2.24, 2.45) is 0 Å². The average molecular weight is 332 g/mol. The number of halogens is 1. The van der Waals surface area contributed by atoms with E-state index in [2.05, 4.69) is 16.9 Å². The van der Waals surface area contributed by atoms with Gasteiger partial charge in [-0.15, -0.1) is 11.8 Å². The molecule has 7 heteroatoms. The van der Waals surface area contributed by atoms with Gasteiger partial charge in [0, 0.05) is 0 Å². The second-order valence-electron chi connectivity index (χ2n) is 4.66. The minimum Gasteiger partial charge on any atom is -0.461 e. The zero-order chi connectivity index (χ0) is 15.7. The third kappa shape index (κ3) is 6.09. The smallest absolute Gasteiger partial charge is 0.360 e.